The summed E-state index contributed by atoms with van der Waals surface area (Å²) in [7, 11) is 0. The van der Waals surface area contributed by atoms with Gasteiger partial charge in [-0.25, -0.2) is 4.98 Å². The Balaban J connectivity index is 2.10. The van der Waals surface area contributed by atoms with Crippen molar-refractivity contribution >= 4 is 11.0 Å². The Kier molecular flexibility index (Phi) is 3.95. The number of imidazole rings is 1. The molecule has 1 aromatic carbocycles. The van der Waals surface area contributed by atoms with Crippen LogP contribution in [-0.4, -0.2) is 21.6 Å². The topological polar surface area (TPSA) is 29.9 Å². The first kappa shape index (κ1) is 14.1. The Labute approximate surface area is 116 Å². The Morgan fingerprint density at radius 3 is 2.63 bits per heavy atom. The van der Waals surface area contributed by atoms with Gasteiger partial charge in [-0.2, -0.15) is 0 Å². The van der Waals surface area contributed by atoms with Gasteiger partial charge in [-0.3, -0.25) is 0 Å². The zero-order chi connectivity index (χ0) is 14.0. The average Bonchev–Trinajstić information content (AvgIpc) is 2.63. The van der Waals surface area contributed by atoms with Crippen molar-refractivity contribution in [1.29, 1.82) is 0 Å². The second-order valence-electron chi connectivity index (χ2n) is 6.49. The van der Waals surface area contributed by atoms with Crippen LogP contribution in [0.15, 0.2) is 24.3 Å². The number of aryl methyl sites for hydroxylation is 1. The number of nitrogens with zero attached hydrogens (tertiary/aromatic N) is 2. The van der Waals surface area contributed by atoms with Gasteiger partial charge in [0.05, 0.1) is 11.0 Å². The van der Waals surface area contributed by atoms with Crippen LogP contribution in [0, 0.1) is 12.8 Å². The molecule has 0 saturated heterocycles. The molecular weight excluding hydrogens is 234 g/mol. The number of nitrogens with one attached hydrogen (secondary N) is 1. The maximum atomic E-state index is 4.62. The summed E-state index contributed by atoms with van der Waals surface area (Å²) in [5, 5.41) is 3.57. The minimum atomic E-state index is 0.181. The van der Waals surface area contributed by atoms with Crippen LogP contribution in [0.2, 0.25) is 0 Å². The highest BCUT2D eigenvalue weighted by molar-refractivity contribution is 5.75. The van der Waals surface area contributed by atoms with Gasteiger partial charge in [0.1, 0.15) is 5.82 Å². The Morgan fingerprint density at radius 2 is 1.95 bits per heavy atom. The Morgan fingerprint density at radius 1 is 1.26 bits per heavy atom. The molecule has 3 heteroatoms. The molecule has 0 spiro atoms. The second kappa shape index (κ2) is 5.33. The van der Waals surface area contributed by atoms with E-state index in [0.29, 0.717) is 5.92 Å². The average molecular weight is 259 g/mol. The van der Waals surface area contributed by atoms with E-state index in [4.69, 9.17) is 0 Å². The standard InChI is InChI=1S/C16H25N3/c1-12(10-17-16(3,4)5)11-19-13(2)18-14-8-6-7-9-15(14)19/h6-9,12,17H,10-11H2,1-5H3. The summed E-state index contributed by atoms with van der Waals surface area (Å²) >= 11 is 0. The summed E-state index contributed by atoms with van der Waals surface area (Å²) in [4.78, 5) is 4.62. The maximum absolute atomic E-state index is 4.62. The molecule has 0 aliphatic heterocycles. The van der Waals surface area contributed by atoms with Crippen LogP contribution in [0.5, 0.6) is 0 Å². The highest BCUT2D eigenvalue weighted by Crippen LogP contribution is 2.17. The Hall–Kier alpha value is -1.35. The van der Waals surface area contributed by atoms with Crippen molar-refractivity contribution in [2.75, 3.05) is 6.54 Å². The summed E-state index contributed by atoms with van der Waals surface area (Å²) in [6, 6.07) is 8.36. The highest BCUT2D eigenvalue weighted by atomic mass is 15.1. The van der Waals surface area contributed by atoms with E-state index >= 15 is 0 Å². The van der Waals surface area contributed by atoms with Crippen LogP contribution in [0.3, 0.4) is 0 Å². The van der Waals surface area contributed by atoms with Crippen LogP contribution in [0.25, 0.3) is 11.0 Å². The zero-order valence-electron chi connectivity index (χ0n) is 12.7. The number of hydrogen-bond donors (Lipinski definition) is 1. The fourth-order valence-electron chi connectivity index (χ4n) is 2.28. The molecule has 1 heterocycles. The molecule has 2 rings (SSSR count). The Bertz CT molecular complexity index is 549. The van der Waals surface area contributed by atoms with Crippen LogP contribution in [0.1, 0.15) is 33.5 Å². The zero-order valence-corrected chi connectivity index (χ0v) is 12.7. The largest absolute Gasteiger partial charge is 0.328 e. The first-order valence-electron chi connectivity index (χ1n) is 7.04. The normalized spacial score (nSPS) is 13.9. The molecule has 1 aromatic heterocycles. The first-order chi connectivity index (χ1) is 8.87. The maximum Gasteiger partial charge on any atom is 0.106 e. The molecular formula is C16H25N3. The highest BCUT2D eigenvalue weighted by Gasteiger charge is 2.13. The number of para-hydroxylation sites is 2. The fourth-order valence-corrected chi connectivity index (χ4v) is 2.28. The van der Waals surface area contributed by atoms with Gasteiger partial charge in [-0.05, 0) is 52.3 Å². The molecule has 0 aliphatic carbocycles. The van der Waals surface area contributed by atoms with Gasteiger partial charge in [-0.1, -0.05) is 19.1 Å². The molecule has 1 atom stereocenters. The lowest BCUT2D eigenvalue weighted by Crippen LogP contribution is -2.39. The number of hydrogen-bond acceptors (Lipinski definition) is 2. The van der Waals surface area contributed by atoms with Gasteiger partial charge in [0.15, 0.2) is 0 Å². The second-order valence-corrected chi connectivity index (χ2v) is 6.49. The molecule has 19 heavy (non-hydrogen) atoms. The van der Waals surface area contributed by atoms with Crippen LogP contribution in [0.4, 0.5) is 0 Å². The smallest absolute Gasteiger partial charge is 0.106 e. The lowest BCUT2D eigenvalue weighted by molar-refractivity contribution is 0.361. The van der Waals surface area contributed by atoms with Gasteiger partial charge in [-0.15, -0.1) is 0 Å². The number of benzene rings is 1. The molecule has 2 aromatic rings. The molecule has 1 unspecified atom stereocenters. The third-order valence-electron chi connectivity index (χ3n) is 3.32. The van der Waals surface area contributed by atoms with Crippen molar-refractivity contribution in [2.45, 2.75) is 46.7 Å². The predicted octanol–water partition coefficient (Wildman–Crippen LogP) is 3.37. The van der Waals surface area contributed by atoms with Crippen molar-refractivity contribution in [1.82, 2.24) is 14.9 Å². The quantitative estimate of drug-likeness (QED) is 0.912. The monoisotopic (exact) mass is 259 g/mol. The minimum Gasteiger partial charge on any atom is -0.328 e. The molecule has 3 nitrogen and oxygen atoms in total. The van der Waals surface area contributed by atoms with Gasteiger partial charge in [0.2, 0.25) is 0 Å². The lowest BCUT2D eigenvalue weighted by Gasteiger charge is -2.24. The van der Waals surface area contributed by atoms with Gasteiger partial charge < -0.3 is 9.88 Å². The SMILES string of the molecule is Cc1nc2ccccc2n1CC(C)CNC(C)(C)C. The summed E-state index contributed by atoms with van der Waals surface area (Å²) in [5.41, 5.74) is 2.51. The molecule has 0 saturated carbocycles. The number of aromatic nitrogens is 2. The van der Waals surface area contributed by atoms with E-state index in [1.165, 1.54) is 5.52 Å². The van der Waals surface area contributed by atoms with Crippen LogP contribution < -0.4 is 5.32 Å². The van der Waals surface area contributed by atoms with E-state index < -0.39 is 0 Å². The van der Waals surface area contributed by atoms with Crippen molar-refractivity contribution in [3.63, 3.8) is 0 Å². The minimum absolute atomic E-state index is 0.181. The molecule has 0 amide bonds. The number of rotatable bonds is 4. The van der Waals surface area contributed by atoms with Crippen molar-refractivity contribution in [3.8, 4) is 0 Å². The van der Waals surface area contributed by atoms with E-state index in [0.717, 1.165) is 24.4 Å². The van der Waals surface area contributed by atoms with Crippen molar-refractivity contribution in [2.24, 2.45) is 5.92 Å². The molecule has 1 N–H and O–H groups in total. The van der Waals surface area contributed by atoms with E-state index in [1.54, 1.807) is 0 Å². The summed E-state index contributed by atoms with van der Waals surface area (Å²) in [6.45, 7) is 13.0. The van der Waals surface area contributed by atoms with Crippen molar-refractivity contribution < 1.29 is 0 Å². The van der Waals surface area contributed by atoms with Gasteiger partial charge in [0, 0.05) is 12.1 Å². The summed E-state index contributed by atoms with van der Waals surface area (Å²) < 4.78 is 2.32. The molecule has 0 radical (unpaired) electrons. The molecule has 0 fully saturated rings. The van der Waals surface area contributed by atoms with E-state index in [9.17, 15) is 0 Å². The molecule has 0 bridgehead atoms. The van der Waals surface area contributed by atoms with Crippen molar-refractivity contribution in [3.05, 3.63) is 30.1 Å². The van der Waals surface area contributed by atoms with E-state index in [2.05, 4.69) is 67.7 Å². The number of fused-ring (bicyclic) bond motifs is 1. The predicted molar refractivity (Wildman–Crippen MR) is 81.4 cm³/mol. The lowest BCUT2D eigenvalue weighted by atomic mass is 10.1. The third-order valence-corrected chi connectivity index (χ3v) is 3.32. The van der Waals surface area contributed by atoms with Crippen LogP contribution >= 0.6 is 0 Å². The van der Waals surface area contributed by atoms with E-state index in [1.807, 2.05) is 6.07 Å². The van der Waals surface area contributed by atoms with E-state index in [-0.39, 0.29) is 5.54 Å². The summed E-state index contributed by atoms with van der Waals surface area (Å²) in [5.74, 6) is 1.68. The first-order valence-corrected chi connectivity index (χ1v) is 7.04. The van der Waals surface area contributed by atoms with Gasteiger partial charge in [0.25, 0.3) is 0 Å². The molecule has 0 aliphatic rings. The van der Waals surface area contributed by atoms with Gasteiger partial charge >= 0.3 is 0 Å². The fraction of sp³-hybridized carbons (Fsp3) is 0.562. The molecule has 104 valence electrons. The third kappa shape index (κ3) is 3.57. The van der Waals surface area contributed by atoms with Crippen LogP contribution in [-0.2, 0) is 6.54 Å². The summed E-state index contributed by atoms with van der Waals surface area (Å²) in [6.07, 6.45) is 0.